The summed E-state index contributed by atoms with van der Waals surface area (Å²) in [6, 6.07) is 0.146. The zero-order chi connectivity index (χ0) is 29.8. The molecule has 3 N–H and O–H groups in total. The van der Waals surface area contributed by atoms with Gasteiger partial charge in [-0.15, -0.1) is 0 Å². The summed E-state index contributed by atoms with van der Waals surface area (Å²) in [6.45, 7) is 16.0. The molecular formula is C28H47N3O8. The highest BCUT2D eigenvalue weighted by molar-refractivity contribution is 5.87. The summed E-state index contributed by atoms with van der Waals surface area (Å²) >= 11 is 0. The average molecular weight is 554 g/mol. The molecular weight excluding hydrogens is 506 g/mol. The molecule has 0 radical (unpaired) electrons. The number of hydrogen-bond donors (Lipinski definition) is 3. The highest BCUT2D eigenvalue weighted by atomic mass is 16.6. The van der Waals surface area contributed by atoms with Crippen LogP contribution in [0.5, 0.6) is 0 Å². The van der Waals surface area contributed by atoms with Crippen molar-refractivity contribution in [2.45, 2.75) is 135 Å². The third kappa shape index (κ3) is 9.69. The minimum absolute atomic E-state index is 0.0688. The number of hydrogen-bond acceptors (Lipinski definition) is 8. The lowest BCUT2D eigenvalue weighted by Crippen LogP contribution is -2.56. The monoisotopic (exact) mass is 553 g/mol. The minimum atomic E-state index is -1.03. The first-order valence-electron chi connectivity index (χ1n) is 13.9. The molecule has 0 spiro atoms. The number of ether oxygens (including phenoxy) is 3. The topological polar surface area (TPSA) is 149 Å². The molecule has 39 heavy (non-hydrogen) atoms. The largest absolute Gasteiger partial charge is 0.450 e. The van der Waals surface area contributed by atoms with Gasteiger partial charge in [0.1, 0.15) is 23.0 Å². The van der Waals surface area contributed by atoms with E-state index >= 15 is 0 Å². The van der Waals surface area contributed by atoms with Crippen LogP contribution in [0, 0.1) is 11.8 Å². The Labute approximate surface area is 231 Å². The van der Waals surface area contributed by atoms with Gasteiger partial charge in [0, 0.05) is 13.0 Å². The van der Waals surface area contributed by atoms with Gasteiger partial charge in [-0.25, -0.2) is 9.59 Å². The summed E-state index contributed by atoms with van der Waals surface area (Å²) in [5.41, 5.74) is -2.71. The number of amides is 3. The summed E-state index contributed by atoms with van der Waals surface area (Å²) in [5.74, 6) is -0.556. The van der Waals surface area contributed by atoms with Crippen LogP contribution < -0.4 is 16.0 Å². The molecule has 0 aromatic heterocycles. The molecule has 0 saturated heterocycles. The molecule has 11 heteroatoms. The van der Waals surface area contributed by atoms with E-state index in [2.05, 4.69) is 16.0 Å². The van der Waals surface area contributed by atoms with Crippen molar-refractivity contribution in [3.63, 3.8) is 0 Å². The standard InChI is InChI=1S/C17H28N2O5.C11H19NO3/c1-6-11-9-17(11,19-15(22)24-16(3,4)5)13(23-10(2)20)14(21)18-12-7-8-12;1-5-8-6-11(8,7-13)12-9(14)15-10(2,3)4/h11-13H,6-9H2,1-5H3,(H,18,21)(H,19,22);7-8H,5-6H2,1-4H3,(H,12,14)/t11-,13?,17+;8-,11-/m11/s1. The van der Waals surface area contributed by atoms with Crippen LogP contribution in [-0.4, -0.2) is 64.8 Å². The van der Waals surface area contributed by atoms with E-state index in [0.717, 1.165) is 38.4 Å². The van der Waals surface area contributed by atoms with Gasteiger partial charge >= 0.3 is 18.2 Å². The van der Waals surface area contributed by atoms with Gasteiger partial charge in [0.2, 0.25) is 6.10 Å². The number of carbonyl (C=O) groups is 5. The first kappa shape index (κ1) is 32.4. The van der Waals surface area contributed by atoms with Crippen LogP contribution in [0.1, 0.15) is 101 Å². The van der Waals surface area contributed by atoms with E-state index in [1.54, 1.807) is 41.5 Å². The van der Waals surface area contributed by atoms with Crippen LogP contribution in [0.3, 0.4) is 0 Å². The molecule has 3 rings (SSSR count). The molecule has 1 unspecified atom stereocenters. The van der Waals surface area contributed by atoms with Crippen molar-refractivity contribution in [1.29, 1.82) is 0 Å². The smallest absolute Gasteiger partial charge is 0.408 e. The van der Waals surface area contributed by atoms with Crippen LogP contribution in [0.2, 0.25) is 0 Å². The van der Waals surface area contributed by atoms with Crippen LogP contribution in [0.25, 0.3) is 0 Å². The second-order valence-electron chi connectivity index (χ2n) is 12.8. The molecule has 0 aliphatic heterocycles. The summed E-state index contributed by atoms with van der Waals surface area (Å²) < 4.78 is 15.7. The predicted octanol–water partition coefficient (Wildman–Crippen LogP) is 3.77. The molecule has 0 heterocycles. The van der Waals surface area contributed by atoms with Crippen LogP contribution in [-0.2, 0) is 28.6 Å². The van der Waals surface area contributed by atoms with E-state index in [1.165, 1.54) is 6.92 Å². The Morgan fingerprint density at radius 2 is 1.38 bits per heavy atom. The molecule has 3 fully saturated rings. The van der Waals surface area contributed by atoms with Crippen molar-refractivity contribution in [3.05, 3.63) is 0 Å². The third-order valence-corrected chi connectivity index (χ3v) is 6.88. The van der Waals surface area contributed by atoms with E-state index in [4.69, 9.17) is 14.2 Å². The lowest BCUT2D eigenvalue weighted by Gasteiger charge is -2.29. The highest BCUT2D eigenvalue weighted by Crippen LogP contribution is 2.50. The molecule has 5 atom stereocenters. The number of rotatable bonds is 9. The van der Waals surface area contributed by atoms with Gasteiger partial charge in [0.15, 0.2) is 0 Å². The maximum Gasteiger partial charge on any atom is 0.408 e. The van der Waals surface area contributed by atoms with E-state index < -0.39 is 46.5 Å². The molecule has 0 bridgehead atoms. The molecule has 3 aliphatic carbocycles. The number of nitrogens with one attached hydrogen (secondary N) is 3. The minimum Gasteiger partial charge on any atom is -0.450 e. The Morgan fingerprint density at radius 3 is 1.74 bits per heavy atom. The number of carbonyl (C=O) groups excluding carboxylic acids is 5. The molecule has 11 nitrogen and oxygen atoms in total. The van der Waals surface area contributed by atoms with Crippen molar-refractivity contribution in [3.8, 4) is 0 Å². The molecule has 3 aliphatic rings. The van der Waals surface area contributed by atoms with Crippen molar-refractivity contribution in [2.24, 2.45) is 11.8 Å². The maximum absolute atomic E-state index is 12.6. The third-order valence-electron chi connectivity index (χ3n) is 6.88. The van der Waals surface area contributed by atoms with E-state index in [1.807, 2.05) is 13.8 Å². The first-order chi connectivity index (χ1) is 17.9. The highest BCUT2D eigenvalue weighted by Gasteiger charge is 2.64. The zero-order valence-electron chi connectivity index (χ0n) is 24.9. The fourth-order valence-corrected chi connectivity index (χ4v) is 4.63. The van der Waals surface area contributed by atoms with Crippen molar-refractivity contribution in [1.82, 2.24) is 16.0 Å². The Hall–Kier alpha value is -2.85. The Bertz CT molecular complexity index is 936. The normalized spacial score (nSPS) is 27.9. The molecule has 3 amide bonds. The summed E-state index contributed by atoms with van der Waals surface area (Å²) in [7, 11) is 0. The second-order valence-corrected chi connectivity index (χ2v) is 12.8. The number of esters is 1. The van der Waals surface area contributed by atoms with Gasteiger partial charge in [-0.1, -0.05) is 26.7 Å². The van der Waals surface area contributed by atoms with Gasteiger partial charge in [0.25, 0.3) is 5.91 Å². The number of alkyl carbamates (subject to hydrolysis) is 2. The van der Waals surface area contributed by atoms with E-state index in [0.29, 0.717) is 6.42 Å². The molecule has 3 saturated carbocycles. The van der Waals surface area contributed by atoms with Gasteiger partial charge in [-0.2, -0.15) is 0 Å². The Balaban J connectivity index is 0.000000306. The fourth-order valence-electron chi connectivity index (χ4n) is 4.63. The van der Waals surface area contributed by atoms with Gasteiger partial charge in [-0.3, -0.25) is 9.59 Å². The lowest BCUT2D eigenvalue weighted by atomic mass is 10.0. The van der Waals surface area contributed by atoms with E-state index in [-0.39, 0.29) is 23.8 Å². The summed E-state index contributed by atoms with van der Waals surface area (Å²) in [4.78, 5) is 58.6. The molecule has 222 valence electrons. The summed E-state index contributed by atoms with van der Waals surface area (Å²) in [6.07, 6.45) is 3.52. The van der Waals surface area contributed by atoms with Crippen LogP contribution >= 0.6 is 0 Å². The second kappa shape index (κ2) is 12.1. The van der Waals surface area contributed by atoms with Crippen molar-refractivity contribution < 1.29 is 38.2 Å². The van der Waals surface area contributed by atoms with E-state index in [9.17, 15) is 24.0 Å². The Kier molecular flexibility index (Phi) is 10.1. The summed E-state index contributed by atoms with van der Waals surface area (Å²) in [5, 5.41) is 8.31. The first-order valence-corrected chi connectivity index (χ1v) is 13.9. The zero-order valence-corrected chi connectivity index (χ0v) is 24.9. The van der Waals surface area contributed by atoms with Gasteiger partial charge in [0.05, 0.1) is 5.54 Å². The molecule has 0 aromatic carbocycles. The van der Waals surface area contributed by atoms with Gasteiger partial charge in [-0.05, 0) is 79.1 Å². The quantitative estimate of drug-likeness (QED) is 0.222. The van der Waals surface area contributed by atoms with Gasteiger partial charge < -0.3 is 35.0 Å². The maximum atomic E-state index is 12.6. The number of aldehydes is 1. The SMILES string of the molecule is CC[C@@H]1C[C@@]1(NC(=O)OC(C)(C)C)C(OC(C)=O)C(=O)NC1CC1.CC[C@@H]1C[C@]1(C=O)NC(=O)OC(C)(C)C. The van der Waals surface area contributed by atoms with Crippen molar-refractivity contribution in [2.75, 3.05) is 0 Å². The van der Waals surface area contributed by atoms with Crippen LogP contribution in [0.4, 0.5) is 9.59 Å². The van der Waals surface area contributed by atoms with Crippen molar-refractivity contribution >= 4 is 30.3 Å². The molecule has 0 aromatic rings. The predicted molar refractivity (Wildman–Crippen MR) is 144 cm³/mol. The van der Waals surface area contributed by atoms with Crippen LogP contribution in [0.15, 0.2) is 0 Å². The lowest BCUT2D eigenvalue weighted by molar-refractivity contribution is -0.157. The fraction of sp³-hybridized carbons (Fsp3) is 0.821. The average Bonchev–Trinajstić information content (AvgIpc) is 3.67. The Morgan fingerprint density at radius 1 is 0.872 bits per heavy atom.